The van der Waals surface area contributed by atoms with E-state index in [1.165, 1.54) is 22.0 Å². The molecule has 1 aliphatic heterocycles. The van der Waals surface area contributed by atoms with Crippen molar-refractivity contribution in [1.82, 2.24) is 14.3 Å². The summed E-state index contributed by atoms with van der Waals surface area (Å²) in [6.07, 6.45) is -3.59. The zero-order valence-electron chi connectivity index (χ0n) is 22.0. The van der Waals surface area contributed by atoms with Crippen LogP contribution < -0.4 is 30.8 Å². The lowest BCUT2D eigenvalue weighted by atomic mass is 10.1. The number of halogens is 4. The highest BCUT2D eigenvalue weighted by Crippen LogP contribution is 2.25. The molecule has 0 atom stereocenters. The normalized spacial score (nSPS) is 14.1. The zero-order chi connectivity index (χ0) is 29.2. The van der Waals surface area contributed by atoms with Crippen molar-refractivity contribution in [3.8, 4) is 5.69 Å². The molecule has 0 radical (unpaired) electrons. The number of aromatic nitrogens is 4. The molecule has 1 fully saturated rings. The van der Waals surface area contributed by atoms with E-state index in [-0.39, 0.29) is 11.2 Å². The quantitative estimate of drug-likeness (QED) is 0.348. The molecule has 2 aromatic carbocycles. The van der Waals surface area contributed by atoms with Gasteiger partial charge in [-0.3, -0.25) is 4.79 Å². The summed E-state index contributed by atoms with van der Waals surface area (Å²) in [7, 11) is 3.93. The number of hydrogen-bond acceptors (Lipinski definition) is 6. The number of alkyl halides is 3. The smallest absolute Gasteiger partial charge is 0.430 e. The Hall–Kier alpha value is -4.46. The maximum atomic E-state index is 14.3. The van der Waals surface area contributed by atoms with Gasteiger partial charge in [0.15, 0.2) is 0 Å². The molecule has 0 amide bonds. The molecule has 3 heterocycles. The molecule has 1 aliphatic rings. The van der Waals surface area contributed by atoms with Crippen LogP contribution in [0.4, 0.5) is 34.9 Å². The van der Waals surface area contributed by atoms with Gasteiger partial charge < -0.3 is 19.7 Å². The molecule has 3 N–H and O–H groups in total. The predicted molar refractivity (Wildman–Crippen MR) is 137 cm³/mol. The monoisotopic (exact) mass is 562 g/mol. The summed E-state index contributed by atoms with van der Waals surface area (Å²) < 4.78 is 48.7. The lowest BCUT2D eigenvalue weighted by molar-refractivity contribution is -0.880. The van der Waals surface area contributed by atoms with Crippen LogP contribution in [0.5, 0.6) is 0 Å². The first-order valence-electron chi connectivity index (χ1n) is 12.3. The van der Waals surface area contributed by atoms with Crippen LogP contribution in [0.15, 0.2) is 53.5 Å². The summed E-state index contributed by atoms with van der Waals surface area (Å²) in [5.41, 5.74) is 3.66. The van der Waals surface area contributed by atoms with Crippen LogP contribution in [0, 0.1) is 12.7 Å². The van der Waals surface area contributed by atoms with E-state index in [1.807, 2.05) is 6.07 Å². The number of carboxylic acids is 1. The van der Waals surface area contributed by atoms with E-state index in [1.54, 1.807) is 41.0 Å². The number of fused-ring (bicyclic) bond motifs is 1. The van der Waals surface area contributed by atoms with Crippen molar-refractivity contribution < 1.29 is 37.3 Å². The summed E-state index contributed by atoms with van der Waals surface area (Å²) in [6.45, 7) is 6.51. The van der Waals surface area contributed by atoms with E-state index in [0.717, 1.165) is 31.9 Å². The van der Waals surface area contributed by atoms with Gasteiger partial charge in [-0.2, -0.15) is 13.2 Å². The third-order valence-electron chi connectivity index (χ3n) is 6.57. The Bertz CT molecular complexity index is 1590. The largest absolute Gasteiger partial charge is 0.542 e. The first kappa shape index (κ1) is 28.5. The van der Waals surface area contributed by atoms with Crippen LogP contribution in [0.2, 0.25) is 0 Å². The Kier molecular flexibility index (Phi) is 8.09. The average molecular weight is 563 g/mol. The van der Waals surface area contributed by atoms with Crippen molar-refractivity contribution in [3.63, 3.8) is 0 Å². The maximum Gasteiger partial charge on any atom is 0.430 e. The third-order valence-corrected chi connectivity index (χ3v) is 6.57. The van der Waals surface area contributed by atoms with E-state index in [9.17, 15) is 22.4 Å². The Labute approximate surface area is 226 Å². The highest BCUT2D eigenvalue weighted by molar-refractivity contribution is 5.75. The zero-order valence-corrected chi connectivity index (χ0v) is 22.0. The fourth-order valence-corrected chi connectivity index (χ4v) is 4.47. The van der Waals surface area contributed by atoms with Gasteiger partial charge in [0.2, 0.25) is 5.65 Å². The number of carbonyl (C=O) groups excluding carboxylic acids is 1. The number of benzene rings is 2. The molecule has 0 spiro atoms. The number of H-pyrrole nitrogens is 1. The first-order chi connectivity index (χ1) is 18.9. The van der Waals surface area contributed by atoms with Crippen molar-refractivity contribution in [1.29, 1.82) is 0 Å². The van der Waals surface area contributed by atoms with Crippen LogP contribution in [-0.2, 0) is 11.8 Å². The second-order valence-corrected chi connectivity index (χ2v) is 9.43. The van der Waals surface area contributed by atoms with Crippen LogP contribution >= 0.6 is 0 Å². The Morgan fingerprint density at radius 3 is 2.38 bits per heavy atom. The molecule has 5 rings (SSSR count). The third kappa shape index (κ3) is 6.06. The standard InChI is InChI=1S/C24H26FN7O.C2HF3O2/c1-16-14-17(8-9-20(16)31-12-10-29(2)11-13-31)27-24-26-15-18-22(28-24)30(3)32(23(18)33)21-7-5-4-6-19(21)25;3-2(4,5)1(6)7/h4-9,14-15H,10-13H2,1-3H3,(H,26,27,28);(H,6,7)/p+1. The Morgan fingerprint density at radius 2 is 1.77 bits per heavy atom. The minimum absolute atomic E-state index is 0.189. The molecule has 0 saturated carbocycles. The summed E-state index contributed by atoms with van der Waals surface area (Å²) in [5, 5.41) is 12.5. The van der Waals surface area contributed by atoms with Crippen molar-refractivity contribution in [2.75, 3.05) is 43.4 Å². The topological polar surface area (TPSA) is 114 Å². The van der Waals surface area contributed by atoms with E-state index < -0.39 is 18.0 Å². The summed E-state index contributed by atoms with van der Waals surface area (Å²) in [5.74, 6) is -2.98. The highest BCUT2D eigenvalue weighted by Gasteiger charge is 2.29. The van der Waals surface area contributed by atoms with Crippen LogP contribution in [0.1, 0.15) is 5.56 Å². The van der Waals surface area contributed by atoms with E-state index in [2.05, 4.69) is 46.3 Å². The highest BCUT2D eigenvalue weighted by atomic mass is 19.4. The summed E-state index contributed by atoms with van der Waals surface area (Å²) in [6, 6.07) is 12.5. The predicted octanol–water partition coefficient (Wildman–Crippen LogP) is 0.363. The lowest BCUT2D eigenvalue weighted by Crippen LogP contribution is -3.12. The molecule has 14 heteroatoms. The Balaban J connectivity index is 0.000000470. The number of carbonyl (C=O) groups is 1. The summed E-state index contributed by atoms with van der Waals surface area (Å²) >= 11 is 0. The van der Waals surface area contributed by atoms with E-state index in [0.29, 0.717) is 17.0 Å². The molecule has 10 nitrogen and oxygen atoms in total. The number of nitrogens with one attached hydrogen (secondary N) is 3. The van der Waals surface area contributed by atoms with Gasteiger partial charge >= 0.3 is 12.1 Å². The van der Waals surface area contributed by atoms with Crippen molar-refractivity contribution in [2.45, 2.75) is 13.1 Å². The molecule has 0 aliphatic carbocycles. The van der Waals surface area contributed by atoms with E-state index >= 15 is 0 Å². The number of hydrogen-bond donors (Lipinski definition) is 2. The molecule has 40 heavy (non-hydrogen) atoms. The summed E-state index contributed by atoms with van der Waals surface area (Å²) in [4.78, 5) is 33.3. The van der Waals surface area contributed by atoms with Crippen LogP contribution in [0.3, 0.4) is 0 Å². The Morgan fingerprint density at radius 1 is 1.12 bits per heavy atom. The SMILES string of the molecule is Cc1cc(Nc2nc3c(c[nH+]2)c(=O)n(-c2ccccc2F)n3C)ccc1N1CC[NH+](C)CC1.O=C([O-])C(F)(F)F. The van der Waals surface area contributed by atoms with E-state index in [4.69, 9.17) is 9.90 Å². The van der Waals surface area contributed by atoms with Gasteiger partial charge in [-0.25, -0.2) is 24.1 Å². The number of piperazine rings is 1. The van der Waals surface area contributed by atoms with Gasteiger partial charge in [0.25, 0.3) is 5.56 Å². The number of aromatic amines is 1. The number of anilines is 3. The van der Waals surface area contributed by atoms with Crippen LogP contribution in [0.25, 0.3) is 16.7 Å². The molecule has 0 unspecified atom stereocenters. The molecular weight excluding hydrogens is 534 g/mol. The number of quaternary nitrogens is 1. The molecule has 212 valence electrons. The molecular formula is C26H28F4N7O3+. The molecule has 2 aromatic heterocycles. The molecule has 4 aromatic rings. The maximum absolute atomic E-state index is 14.3. The average Bonchev–Trinajstić information content (AvgIpc) is 3.14. The minimum atomic E-state index is -5.19. The number of carboxylic acid groups (broad SMARTS) is 1. The van der Waals surface area contributed by atoms with Gasteiger partial charge in [0.05, 0.1) is 45.1 Å². The number of aryl methyl sites for hydroxylation is 2. The fourth-order valence-electron chi connectivity index (χ4n) is 4.47. The molecule has 1 saturated heterocycles. The van der Waals surface area contributed by atoms with Gasteiger partial charge in [-0.15, -0.1) is 0 Å². The second-order valence-electron chi connectivity index (χ2n) is 9.43. The first-order valence-corrected chi connectivity index (χ1v) is 12.3. The fraction of sp³-hybridized carbons (Fsp3) is 0.308. The van der Waals surface area contributed by atoms with Gasteiger partial charge in [0.1, 0.15) is 22.9 Å². The number of aliphatic carboxylic acids is 1. The second kappa shape index (κ2) is 11.3. The number of likely N-dealkylation sites (N-methyl/N-ethyl adjacent to an activating group) is 1. The van der Waals surface area contributed by atoms with Crippen molar-refractivity contribution in [2.24, 2.45) is 7.05 Å². The molecule has 0 bridgehead atoms. The lowest BCUT2D eigenvalue weighted by Gasteiger charge is -2.32. The van der Waals surface area contributed by atoms with Gasteiger partial charge in [-0.05, 0) is 42.8 Å². The van der Waals surface area contributed by atoms with Crippen molar-refractivity contribution >= 4 is 34.3 Å². The van der Waals surface area contributed by atoms with Gasteiger partial charge in [-0.1, -0.05) is 17.1 Å². The van der Waals surface area contributed by atoms with Crippen LogP contribution in [-0.4, -0.2) is 59.7 Å². The van der Waals surface area contributed by atoms with Gasteiger partial charge in [0, 0.05) is 12.7 Å². The minimum Gasteiger partial charge on any atom is -0.542 e. The number of para-hydroxylation sites is 1. The number of rotatable bonds is 4. The number of nitrogens with zero attached hydrogens (tertiary/aromatic N) is 4. The van der Waals surface area contributed by atoms with Crippen molar-refractivity contribution in [3.05, 3.63) is 70.4 Å².